The van der Waals surface area contributed by atoms with Crippen molar-refractivity contribution in [1.29, 1.82) is 0 Å². The molecule has 0 saturated carbocycles. The Morgan fingerprint density at radius 1 is 1.29 bits per heavy atom. The molecule has 2 N–H and O–H groups in total. The predicted molar refractivity (Wildman–Crippen MR) is 64.6 cm³/mol. The fraction of sp³-hybridized carbons (Fsp3) is 0.308. The van der Waals surface area contributed by atoms with Crippen LogP contribution >= 0.6 is 0 Å². The number of aromatic nitrogens is 1. The summed E-state index contributed by atoms with van der Waals surface area (Å²) >= 11 is 0. The number of nitrogens with zero attached hydrogens (tertiary/aromatic N) is 1. The van der Waals surface area contributed by atoms with Gasteiger partial charge in [0.15, 0.2) is 0 Å². The van der Waals surface area contributed by atoms with Gasteiger partial charge in [0, 0.05) is 18.7 Å². The number of phenolic OH excluding ortho intramolecular Hbond substituents is 1. The zero-order valence-corrected chi connectivity index (χ0v) is 9.76. The second-order valence-corrected chi connectivity index (χ2v) is 4.14. The van der Waals surface area contributed by atoms with E-state index < -0.39 is 0 Å². The zero-order valence-electron chi connectivity index (χ0n) is 9.76. The Morgan fingerprint density at radius 3 is 2.71 bits per heavy atom. The number of rotatable bonds is 5. The lowest BCUT2D eigenvalue weighted by molar-refractivity contribution is 0.405. The van der Waals surface area contributed by atoms with Gasteiger partial charge in [0.05, 0.1) is 5.69 Å². The van der Waals surface area contributed by atoms with Crippen molar-refractivity contribution in [3.05, 3.63) is 47.9 Å². The molecule has 1 heterocycles. The average molecular weight is 232 g/mol. The maximum absolute atomic E-state index is 9.18. The van der Waals surface area contributed by atoms with Crippen LogP contribution in [0.25, 0.3) is 0 Å². The van der Waals surface area contributed by atoms with Gasteiger partial charge < -0.3 is 14.9 Å². The van der Waals surface area contributed by atoms with E-state index in [1.165, 1.54) is 5.56 Å². The van der Waals surface area contributed by atoms with Gasteiger partial charge in [-0.2, -0.15) is 0 Å². The van der Waals surface area contributed by atoms with E-state index in [9.17, 15) is 5.11 Å². The Hall–Kier alpha value is -1.81. The minimum absolute atomic E-state index is 0.303. The number of phenols is 1. The molecule has 0 aliphatic heterocycles. The van der Waals surface area contributed by atoms with Crippen LogP contribution in [0.1, 0.15) is 18.2 Å². The van der Waals surface area contributed by atoms with Gasteiger partial charge >= 0.3 is 0 Å². The number of hydrogen-bond donors (Lipinski definition) is 2. The first kappa shape index (κ1) is 11.7. The summed E-state index contributed by atoms with van der Waals surface area (Å²) in [6, 6.07) is 9.48. The molecule has 0 fully saturated rings. The maximum Gasteiger partial charge on any atom is 0.124 e. The monoisotopic (exact) mass is 232 g/mol. The van der Waals surface area contributed by atoms with Gasteiger partial charge in [0.1, 0.15) is 12.0 Å². The van der Waals surface area contributed by atoms with Crippen LogP contribution in [0, 0.1) is 0 Å². The summed E-state index contributed by atoms with van der Waals surface area (Å²) in [5.74, 6) is 0.303. The summed E-state index contributed by atoms with van der Waals surface area (Å²) in [5.41, 5.74) is 2.10. The normalized spacial score (nSPS) is 12.5. The first-order valence-corrected chi connectivity index (χ1v) is 5.64. The number of aromatic hydroxyl groups is 1. The van der Waals surface area contributed by atoms with Crippen molar-refractivity contribution < 1.29 is 9.63 Å². The van der Waals surface area contributed by atoms with Crippen LogP contribution in [-0.2, 0) is 13.0 Å². The van der Waals surface area contributed by atoms with Gasteiger partial charge in [0.2, 0.25) is 0 Å². The Labute approximate surface area is 100 Å². The zero-order chi connectivity index (χ0) is 12.1. The molecule has 0 radical (unpaired) electrons. The minimum Gasteiger partial charge on any atom is -0.508 e. The average Bonchev–Trinajstić information content (AvgIpc) is 2.83. The smallest absolute Gasteiger partial charge is 0.124 e. The van der Waals surface area contributed by atoms with Crippen LogP contribution in [-0.4, -0.2) is 16.3 Å². The van der Waals surface area contributed by atoms with Crippen molar-refractivity contribution >= 4 is 0 Å². The van der Waals surface area contributed by atoms with Gasteiger partial charge in [-0.25, -0.2) is 0 Å². The van der Waals surface area contributed by atoms with Crippen LogP contribution < -0.4 is 5.32 Å². The molecule has 2 aromatic rings. The maximum atomic E-state index is 9.18. The molecule has 1 unspecified atom stereocenters. The topological polar surface area (TPSA) is 58.3 Å². The third kappa shape index (κ3) is 3.60. The van der Waals surface area contributed by atoms with Gasteiger partial charge in [-0.3, -0.25) is 0 Å². The number of hydrogen-bond acceptors (Lipinski definition) is 4. The lowest BCUT2D eigenvalue weighted by Crippen LogP contribution is -2.27. The van der Waals surface area contributed by atoms with Crippen molar-refractivity contribution in [1.82, 2.24) is 10.5 Å². The Kier molecular flexibility index (Phi) is 3.77. The summed E-state index contributed by atoms with van der Waals surface area (Å²) < 4.78 is 4.76. The van der Waals surface area contributed by atoms with Crippen molar-refractivity contribution in [2.75, 3.05) is 0 Å². The van der Waals surface area contributed by atoms with E-state index in [1.54, 1.807) is 18.4 Å². The molecule has 0 aliphatic rings. The van der Waals surface area contributed by atoms with E-state index in [0.717, 1.165) is 12.1 Å². The molecule has 90 valence electrons. The first-order valence-electron chi connectivity index (χ1n) is 5.64. The molecular weight excluding hydrogens is 216 g/mol. The van der Waals surface area contributed by atoms with Crippen molar-refractivity contribution in [3.63, 3.8) is 0 Å². The van der Waals surface area contributed by atoms with Gasteiger partial charge in [0.25, 0.3) is 0 Å². The lowest BCUT2D eigenvalue weighted by atomic mass is 10.1. The SMILES string of the molecule is CC(Cc1ccc(O)cc1)NCc1ccon1. The van der Waals surface area contributed by atoms with Crippen LogP contribution in [0.15, 0.2) is 41.1 Å². The van der Waals surface area contributed by atoms with Crippen LogP contribution in [0.3, 0.4) is 0 Å². The second kappa shape index (κ2) is 5.50. The number of benzene rings is 1. The van der Waals surface area contributed by atoms with E-state index in [0.29, 0.717) is 18.3 Å². The summed E-state index contributed by atoms with van der Waals surface area (Å²) in [7, 11) is 0. The summed E-state index contributed by atoms with van der Waals surface area (Å²) in [4.78, 5) is 0. The largest absolute Gasteiger partial charge is 0.508 e. The van der Waals surface area contributed by atoms with Crippen LogP contribution in [0.5, 0.6) is 5.75 Å². The molecule has 0 saturated heterocycles. The molecule has 0 amide bonds. The minimum atomic E-state index is 0.303. The van der Waals surface area contributed by atoms with Crippen molar-refractivity contribution in [2.24, 2.45) is 0 Å². The first-order chi connectivity index (χ1) is 8.24. The fourth-order valence-electron chi connectivity index (χ4n) is 1.67. The van der Waals surface area contributed by atoms with Crippen molar-refractivity contribution in [3.8, 4) is 5.75 Å². The predicted octanol–water partition coefficient (Wildman–Crippen LogP) is 2.10. The highest BCUT2D eigenvalue weighted by molar-refractivity contribution is 5.26. The Morgan fingerprint density at radius 2 is 2.06 bits per heavy atom. The van der Waals surface area contributed by atoms with E-state index in [-0.39, 0.29) is 0 Å². The van der Waals surface area contributed by atoms with Crippen LogP contribution in [0.4, 0.5) is 0 Å². The van der Waals surface area contributed by atoms with Gasteiger partial charge in [-0.15, -0.1) is 0 Å². The highest BCUT2D eigenvalue weighted by atomic mass is 16.5. The van der Waals surface area contributed by atoms with Gasteiger partial charge in [-0.05, 0) is 31.0 Å². The fourth-order valence-corrected chi connectivity index (χ4v) is 1.67. The molecule has 17 heavy (non-hydrogen) atoms. The molecule has 2 rings (SSSR count). The molecule has 0 bridgehead atoms. The summed E-state index contributed by atoms with van der Waals surface area (Å²) in [5, 5.41) is 16.4. The molecule has 4 nitrogen and oxygen atoms in total. The Bertz CT molecular complexity index is 437. The molecule has 1 aromatic heterocycles. The summed E-state index contributed by atoms with van der Waals surface area (Å²) in [6.45, 7) is 2.82. The highest BCUT2D eigenvalue weighted by Gasteiger charge is 2.04. The molecule has 0 spiro atoms. The highest BCUT2D eigenvalue weighted by Crippen LogP contribution is 2.11. The van der Waals surface area contributed by atoms with E-state index in [4.69, 9.17) is 4.52 Å². The molecule has 1 atom stereocenters. The quantitative estimate of drug-likeness (QED) is 0.828. The van der Waals surface area contributed by atoms with E-state index in [2.05, 4.69) is 17.4 Å². The second-order valence-electron chi connectivity index (χ2n) is 4.14. The van der Waals surface area contributed by atoms with E-state index in [1.807, 2.05) is 18.2 Å². The van der Waals surface area contributed by atoms with E-state index >= 15 is 0 Å². The Balaban J connectivity index is 1.80. The van der Waals surface area contributed by atoms with Gasteiger partial charge in [-0.1, -0.05) is 17.3 Å². The standard InChI is InChI=1S/C13H16N2O2/c1-10(14-9-12-6-7-17-15-12)8-11-2-4-13(16)5-3-11/h2-7,10,14,16H,8-9H2,1H3. The molecular formula is C13H16N2O2. The third-order valence-corrected chi connectivity index (χ3v) is 2.60. The lowest BCUT2D eigenvalue weighted by Gasteiger charge is -2.12. The molecule has 4 heteroatoms. The molecule has 0 aliphatic carbocycles. The van der Waals surface area contributed by atoms with Crippen molar-refractivity contribution in [2.45, 2.75) is 25.9 Å². The number of nitrogens with one attached hydrogen (secondary N) is 1. The third-order valence-electron chi connectivity index (χ3n) is 2.60. The molecule has 1 aromatic carbocycles. The summed E-state index contributed by atoms with van der Waals surface area (Å²) in [6.07, 6.45) is 2.49. The van der Waals surface area contributed by atoms with Crippen LogP contribution in [0.2, 0.25) is 0 Å².